The van der Waals surface area contributed by atoms with Gasteiger partial charge in [-0.2, -0.15) is 0 Å². The Balaban J connectivity index is 1.74. The summed E-state index contributed by atoms with van der Waals surface area (Å²) < 4.78 is 0. The van der Waals surface area contributed by atoms with Crippen LogP contribution in [0.25, 0.3) is 10.9 Å². The number of hydrogen-bond donors (Lipinski definition) is 1. The summed E-state index contributed by atoms with van der Waals surface area (Å²) in [7, 11) is 0. The number of carbonyl (C=O) groups excluding carboxylic acids is 1. The lowest BCUT2D eigenvalue weighted by atomic mass is 10.1. The van der Waals surface area contributed by atoms with E-state index in [9.17, 15) is 4.79 Å². The number of nitrogens with one attached hydrogen (secondary N) is 1. The van der Waals surface area contributed by atoms with E-state index >= 15 is 0 Å². The van der Waals surface area contributed by atoms with E-state index in [2.05, 4.69) is 48.4 Å². The second kappa shape index (κ2) is 7.54. The summed E-state index contributed by atoms with van der Waals surface area (Å²) in [5, 5.41) is 5.62. The number of amides is 1. The van der Waals surface area contributed by atoms with Gasteiger partial charge >= 0.3 is 0 Å². The highest BCUT2D eigenvalue weighted by Gasteiger charge is 2.12. The number of pyridine rings is 1. The largest absolute Gasteiger partial charge is 0.301 e. The maximum atomic E-state index is 12.2. The molecule has 0 bridgehead atoms. The van der Waals surface area contributed by atoms with Gasteiger partial charge in [0.1, 0.15) is 5.03 Å². The number of aromatic nitrogens is 2. The van der Waals surface area contributed by atoms with E-state index in [-0.39, 0.29) is 5.91 Å². The van der Waals surface area contributed by atoms with Gasteiger partial charge in [-0.1, -0.05) is 30.8 Å². The first kappa shape index (κ1) is 17.9. The summed E-state index contributed by atoms with van der Waals surface area (Å²) >= 11 is 2.99. The lowest BCUT2D eigenvalue weighted by Crippen LogP contribution is -2.14. The molecule has 130 valence electrons. The van der Waals surface area contributed by atoms with Crippen molar-refractivity contribution in [2.45, 2.75) is 39.1 Å². The number of carbonyl (C=O) groups is 1. The average molecular weight is 372 g/mol. The van der Waals surface area contributed by atoms with Crippen LogP contribution in [0.5, 0.6) is 0 Å². The molecular weight excluding hydrogens is 350 g/mol. The third-order valence-electron chi connectivity index (χ3n) is 4.01. The van der Waals surface area contributed by atoms with E-state index in [1.807, 2.05) is 13.8 Å². The minimum absolute atomic E-state index is 0.0491. The van der Waals surface area contributed by atoms with Crippen molar-refractivity contribution in [1.29, 1.82) is 0 Å². The molecule has 0 atom stereocenters. The Bertz CT molecular complexity index is 914. The number of thiazole rings is 1. The molecule has 0 radical (unpaired) electrons. The van der Waals surface area contributed by atoms with Gasteiger partial charge in [-0.05, 0) is 50.5 Å². The molecule has 0 fully saturated rings. The monoisotopic (exact) mass is 371 g/mol. The molecule has 1 aromatic carbocycles. The molecule has 0 unspecified atom stereocenters. The predicted molar refractivity (Wildman–Crippen MR) is 107 cm³/mol. The SMILES string of the molecule is CCc1cc2ccc(C)cc2nc1SCC(=O)Nc1nc(C)c(C)s1. The van der Waals surface area contributed by atoms with Gasteiger partial charge in [0.05, 0.1) is 17.0 Å². The number of hydrogen-bond acceptors (Lipinski definition) is 5. The number of thioether (sulfide) groups is 1. The first-order valence-corrected chi connectivity index (χ1v) is 10.0. The Kier molecular flexibility index (Phi) is 5.39. The zero-order valence-corrected chi connectivity index (χ0v) is 16.5. The third-order valence-corrected chi connectivity index (χ3v) is 6.03. The average Bonchev–Trinajstić information content (AvgIpc) is 2.89. The first-order valence-electron chi connectivity index (χ1n) is 8.23. The molecular formula is C19H21N3OS2. The maximum Gasteiger partial charge on any atom is 0.236 e. The van der Waals surface area contributed by atoms with E-state index in [0.29, 0.717) is 10.9 Å². The topological polar surface area (TPSA) is 54.9 Å². The Morgan fingerprint density at radius 2 is 2.00 bits per heavy atom. The van der Waals surface area contributed by atoms with Crippen molar-refractivity contribution in [2.75, 3.05) is 11.1 Å². The Hall–Kier alpha value is -1.92. The molecule has 6 heteroatoms. The Morgan fingerprint density at radius 3 is 2.68 bits per heavy atom. The van der Waals surface area contributed by atoms with Crippen molar-refractivity contribution in [1.82, 2.24) is 9.97 Å². The molecule has 0 aliphatic heterocycles. The predicted octanol–water partition coefficient (Wildman–Crippen LogP) is 4.91. The molecule has 2 aromatic heterocycles. The van der Waals surface area contributed by atoms with Gasteiger partial charge in [0.25, 0.3) is 0 Å². The molecule has 1 N–H and O–H groups in total. The van der Waals surface area contributed by atoms with Crippen molar-refractivity contribution >= 4 is 45.0 Å². The number of benzene rings is 1. The fourth-order valence-corrected chi connectivity index (χ4v) is 4.22. The summed E-state index contributed by atoms with van der Waals surface area (Å²) in [6.45, 7) is 8.13. The van der Waals surface area contributed by atoms with Crippen LogP contribution < -0.4 is 5.32 Å². The van der Waals surface area contributed by atoms with E-state index in [1.165, 1.54) is 34.2 Å². The number of nitrogens with zero attached hydrogens (tertiary/aromatic N) is 2. The van der Waals surface area contributed by atoms with Crippen LogP contribution in [0.4, 0.5) is 5.13 Å². The molecule has 3 rings (SSSR count). The van der Waals surface area contributed by atoms with Crippen LogP contribution in [0.3, 0.4) is 0 Å². The summed E-state index contributed by atoms with van der Waals surface area (Å²) in [6, 6.07) is 8.46. The third kappa shape index (κ3) is 4.19. The highest BCUT2D eigenvalue weighted by molar-refractivity contribution is 8.00. The van der Waals surface area contributed by atoms with Crippen LogP contribution in [0, 0.1) is 20.8 Å². The molecule has 0 saturated heterocycles. The molecule has 25 heavy (non-hydrogen) atoms. The molecule has 0 aliphatic rings. The van der Waals surface area contributed by atoms with E-state index < -0.39 is 0 Å². The minimum Gasteiger partial charge on any atom is -0.301 e. The number of aryl methyl sites for hydroxylation is 4. The van der Waals surface area contributed by atoms with Gasteiger partial charge in [0.2, 0.25) is 5.91 Å². The van der Waals surface area contributed by atoms with Crippen LogP contribution in [0.15, 0.2) is 29.3 Å². The fourth-order valence-electron chi connectivity index (χ4n) is 2.50. The van der Waals surface area contributed by atoms with Gasteiger partial charge in [0.15, 0.2) is 5.13 Å². The van der Waals surface area contributed by atoms with Crippen LogP contribution in [-0.2, 0) is 11.2 Å². The maximum absolute atomic E-state index is 12.2. The lowest BCUT2D eigenvalue weighted by molar-refractivity contribution is -0.113. The quantitative estimate of drug-likeness (QED) is 0.648. The molecule has 2 heterocycles. The van der Waals surface area contributed by atoms with Gasteiger partial charge in [-0.15, -0.1) is 11.3 Å². The van der Waals surface area contributed by atoms with E-state index in [0.717, 1.165) is 32.9 Å². The van der Waals surface area contributed by atoms with Crippen molar-refractivity contribution in [3.8, 4) is 0 Å². The number of anilines is 1. The highest BCUT2D eigenvalue weighted by Crippen LogP contribution is 2.27. The number of rotatable bonds is 5. The van der Waals surface area contributed by atoms with Crippen LogP contribution in [-0.4, -0.2) is 21.6 Å². The van der Waals surface area contributed by atoms with Gasteiger partial charge in [-0.25, -0.2) is 9.97 Å². The van der Waals surface area contributed by atoms with Crippen LogP contribution >= 0.6 is 23.1 Å². The lowest BCUT2D eigenvalue weighted by Gasteiger charge is -2.09. The molecule has 0 aliphatic carbocycles. The summed E-state index contributed by atoms with van der Waals surface area (Å²) in [5.41, 5.74) is 4.31. The van der Waals surface area contributed by atoms with E-state index in [1.54, 1.807) is 0 Å². The second-order valence-corrected chi connectivity index (χ2v) is 8.17. The molecule has 0 spiro atoms. The smallest absolute Gasteiger partial charge is 0.236 e. The zero-order valence-electron chi connectivity index (χ0n) is 14.8. The minimum atomic E-state index is -0.0491. The van der Waals surface area contributed by atoms with Crippen molar-refractivity contribution in [2.24, 2.45) is 0 Å². The summed E-state index contributed by atoms with van der Waals surface area (Å²) in [5.74, 6) is 0.279. The van der Waals surface area contributed by atoms with Gasteiger partial charge in [-0.3, -0.25) is 4.79 Å². The van der Waals surface area contributed by atoms with Crippen LogP contribution in [0.2, 0.25) is 0 Å². The summed E-state index contributed by atoms with van der Waals surface area (Å²) in [4.78, 5) is 22.5. The molecule has 4 nitrogen and oxygen atoms in total. The standard InChI is InChI=1S/C19H21N3OS2/c1-5-14-9-15-7-6-11(2)8-16(15)21-18(14)24-10-17(23)22-19-20-12(3)13(4)25-19/h6-9H,5,10H2,1-4H3,(H,20,22,23). The molecule has 1 amide bonds. The highest BCUT2D eigenvalue weighted by atomic mass is 32.2. The van der Waals surface area contributed by atoms with Crippen molar-refractivity contribution in [3.63, 3.8) is 0 Å². The van der Waals surface area contributed by atoms with E-state index in [4.69, 9.17) is 4.98 Å². The van der Waals surface area contributed by atoms with Gasteiger partial charge in [0, 0.05) is 10.3 Å². The first-order chi connectivity index (χ1) is 12.0. The van der Waals surface area contributed by atoms with Gasteiger partial charge < -0.3 is 5.32 Å². The number of fused-ring (bicyclic) bond motifs is 1. The fraction of sp³-hybridized carbons (Fsp3) is 0.316. The second-order valence-electron chi connectivity index (χ2n) is 6.00. The molecule has 3 aromatic rings. The Morgan fingerprint density at radius 1 is 1.20 bits per heavy atom. The zero-order chi connectivity index (χ0) is 18.0. The van der Waals surface area contributed by atoms with Crippen LogP contribution in [0.1, 0.15) is 28.6 Å². The summed E-state index contributed by atoms with van der Waals surface area (Å²) in [6.07, 6.45) is 0.894. The van der Waals surface area contributed by atoms with Crippen molar-refractivity contribution < 1.29 is 4.79 Å². The molecule has 0 saturated carbocycles. The Labute approximate surface area is 156 Å². The van der Waals surface area contributed by atoms with Crippen molar-refractivity contribution in [3.05, 3.63) is 46.0 Å². The normalized spacial score (nSPS) is 11.0.